The smallest absolute Gasteiger partial charge is 0.0466 e. The fourth-order valence-corrected chi connectivity index (χ4v) is 0.849. The van der Waals surface area contributed by atoms with E-state index in [0.717, 1.165) is 19.3 Å². The largest absolute Gasteiger partial charge is 0.411 e. The molecule has 1 unspecified atom stereocenters. The van der Waals surface area contributed by atoms with E-state index >= 15 is 0 Å². The minimum Gasteiger partial charge on any atom is -0.411 e. The molecule has 0 spiro atoms. The van der Waals surface area contributed by atoms with Gasteiger partial charge in [-0.1, -0.05) is 20.3 Å². The highest BCUT2D eigenvalue weighted by Gasteiger charge is 1.99. The molecule has 0 fully saturated rings. The maximum Gasteiger partial charge on any atom is 0.0466 e. The van der Waals surface area contributed by atoms with E-state index in [-0.39, 0.29) is 0 Å². The maximum atomic E-state index is 8.16. The Kier molecular flexibility index (Phi) is 5.27. The highest BCUT2D eigenvalue weighted by Crippen LogP contribution is 2.06. The first-order valence-electron chi connectivity index (χ1n) is 3.52. The SMILES string of the molecule is CCCC(/C=N\O)CC. The molecule has 0 aromatic heterocycles. The highest BCUT2D eigenvalue weighted by molar-refractivity contribution is 5.59. The van der Waals surface area contributed by atoms with Gasteiger partial charge in [0.1, 0.15) is 0 Å². The van der Waals surface area contributed by atoms with E-state index in [4.69, 9.17) is 5.21 Å². The Morgan fingerprint density at radius 3 is 2.56 bits per heavy atom. The monoisotopic (exact) mass is 129 g/mol. The molecular formula is C7H15NO. The minimum absolute atomic E-state index is 0.472. The van der Waals surface area contributed by atoms with E-state index in [2.05, 4.69) is 19.0 Å². The number of hydrogen-bond acceptors (Lipinski definition) is 2. The van der Waals surface area contributed by atoms with Crippen molar-refractivity contribution in [3.8, 4) is 0 Å². The Hall–Kier alpha value is -0.530. The van der Waals surface area contributed by atoms with Gasteiger partial charge in [0.2, 0.25) is 0 Å². The molecule has 0 saturated carbocycles. The normalized spacial score (nSPS) is 14.4. The van der Waals surface area contributed by atoms with Crippen molar-refractivity contribution in [1.82, 2.24) is 0 Å². The quantitative estimate of drug-likeness (QED) is 0.352. The molecule has 0 aliphatic carbocycles. The first kappa shape index (κ1) is 8.47. The van der Waals surface area contributed by atoms with E-state index < -0.39 is 0 Å². The van der Waals surface area contributed by atoms with E-state index in [1.807, 2.05) is 0 Å². The molecule has 0 radical (unpaired) electrons. The third-order valence-electron chi connectivity index (χ3n) is 1.46. The van der Waals surface area contributed by atoms with Gasteiger partial charge in [-0.25, -0.2) is 0 Å². The van der Waals surface area contributed by atoms with Crippen LogP contribution in [0.1, 0.15) is 33.1 Å². The van der Waals surface area contributed by atoms with Crippen molar-refractivity contribution < 1.29 is 5.21 Å². The number of nitrogens with zero attached hydrogens (tertiary/aromatic N) is 1. The average molecular weight is 129 g/mol. The van der Waals surface area contributed by atoms with Crippen LogP contribution < -0.4 is 0 Å². The first-order chi connectivity index (χ1) is 4.35. The molecule has 0 heterocycles. The van der Waals surface area contributed by atoms with E-state index in [1.54, 1.807) is 6.21 Å². The lowest BCUT2D eigenvalue weighted by atomic mass is 10.0. The van der Waals surface area contributed by atoms with Crippen LogP contribution in [-0.4, -0.2) is 11.4 Å². The topological polar surface area (TPSA) is 32.6 Å². The summed E-state index contributed by atoms with van der Waals surface area (Å²) in [7, 11) is 0. The predicted octanol–water partition coefficient (Wildman–Crippen LogP) is 2.27. The van der Waals surface area contributed by atoms with E-state index in [9.17, 15) is 0 Å². The summed E-state index contributed by atoms with van der Waals surface area (Å²) in [5.74, 6) is 0.472. The van der Waals surface area contributed by atoms with Crippen molar-refractivity contribution in [2.45, 2.75) is 33.1 Å². The fourth-order valence-electron chi connectivity index (χ4n) is 0.849. The molecule has 0 aliphatic heterocycles. The molecule has 0 amide bonds. The van der Waals surface area contributed by atoms with Gasteiger partial charge in [-0.05, 0) is 18.8 Å². The van der Waals surface area contributed by atoms with Gasteiger partial charge in [-0.15, -0.1) is 5.16 Å². The second kappa shape index (κ2) is 5.60. The van der Waals surface area contributed by atoms with Crippen molar-refractivity contribution in [2.75, 3.05) is 0 Å². The molecule has 0 bridgehead atoms. The van der Waals surface area contributed by atoms with Crippen LogP contribution in [0.15, 0.2) is 5.16 Å². The Bertz CT molecular complexity index is 81.0. The summed E-state index contributed by atoms with van der Waals surface area (Å²) in [6, 6.07) is 0. The van der Waals surface area contributed by atoms with E-state index in [1.165, 1.54) is 0 Å². The van der Waals surface area contributed by atoms with Crippen molar-refractivity contribution in [3.63, 3.8) is 0 Å². The molecule has 1 atom stereocenters. The first-order valence-corrected chi connectivity index (χ1v) is 3.52. The molecule has 0 aromatic carbocycles. The Balaban J connectivity index is 3.41. The molecule has 0 rings (SSSR count). The van der Waals surface area contributed by atoms with Gasteiger partial charge < -0.3 is 5.21 Å². The van der Waals surface area contributed by atoms with Crippen molar-refractivity contribution in [1.29, 1.82) is 0 Å². The predicted molar refractivity (Wildman–Crippen MR) is 39.0 cm³/mol. The molecule has 9 heavy (non-hydrogen) atoms. The number of oxime groups is 1. The van der Waals surface area contributed by atoms with Crippen LogP contribution in [0.25, 0.3) is 0 Å². The summed E-state index contributed by atoms with van der Waals surface area (Å²) >= 11 is 0. The van der Waals surface area contributed by atoms with Crippen molar-refractivity contribution in [3.05, 3.63) is 0 Å². The zero-order chi connectivity index (χ0) is 7.11. The third kappa shape index (κ3) is 4.01. The lowest BCUT2D eigenvalue weighted by Crippen LogP contribution is -1.98. The molecule has 0 saturated heterocycles. The molecule has 0 aliphatic rings. The van der Waals surface area contributed by atoms with Gasteiger partial charge >= 0.3 is 0 Å². The van der Waals surface area contributed by atoms with Gasteiger partial charge in [0.15, 0.2) is 0 Å². The van der Waals surface area contributed by atoms with Crippen LogP contribution in [0.4, 0.5) is 0 Å². The summed E-state index contributed by atoms with van der Waals surface area (Å²) in [6.45, 7) is 4.23. The minimum atomic E-state index is 0.472. The maximum absolute atomic E-state index is 8.16. The van der Waals surface area contributed by atoms with Gasteiger partial charge in [0.05, 0.1) is 0 Å². The highest BCUT2D eigenvalue weighted by atomic mass is 16.4. The zero-order valence-corrected chi connectivity index (χ0v) is 6.17. The summed E-state index contributed by atoms with van der Waals surface area (Å²) in [6.07, 6.45) is 4.96. The van der Waals surface area contributed by atoms with Crippen LogP contribution in [-0.2, 0) is 0 Å². The third-order valence-corrected chi connectivity index (χ3v) is 1.46. The van der Waals surface area contributed by atoms with Crippen LogP contribution in [0.5, 0.6) is 0 Å². The van der Waals surface area contributed by atoms with Crippen molar-refractivity contribution in [2.24, 2.45) is 11.1 Å². The van der Waals surface area contributed by atoms with Crippen LogP contribution in [0, 0.1) is 5.92 Å². The average Bonchev–Trinajstić information content (AvgIpc) is 1.88. The second-order valence-corrected chi connectivity index (χ2v) is 2.22. The number of hydrogen-bond donors (Lipinski definition) is 1. The lowest BCUT2D eigenvalue weighted by Gasteiger charge is -2.03. The van der Waals surface area contributed by atoms with Crippen LogP contribution in [0.2, 0.25) is 0 Å². The molecule has 2 nitrogen and oxygen atoms in total. The summed E-state index contributed by atoms with van der Waals surface area (Å²) in [5, 5.41) is 11.2. The standard InChI is InChI=1S/C7H15NO/c1-3-5-7(4-2)6-8-9/h6-7,9H,3-5H2,1-2H3/b8-6-. The Morgan fingerprint density at radius 1 is 1.56 bits per heavy atom. The van der Waals surface area contributed by atoms with E-state index in [0.29, 0.717) is 5.92 Å². The molecule has 2 heteroatoms. The van der Waals surface area contributed by atoms with Crippen molar-refractivity contribution >= 4 is 6.21 Å². The molecule has 0 aromatic rings. The van der Waals surface area contributed by atoms with Gasteiger partial charge in [-0.3, -0.25) is 0 Å². The van der Waals surface area contributed by atoms with Gasteiger partial charge in [-0.2, -0.15) is 0 Å². The van der Waals surface area contributed by atoms with Crippen LogP contribution >= 0.6 is 0 Å². The molecular weight excluding hydrogens is 114 g/mol. The zero-order valence-electron chi connectivity index (χ0n) is 6.17. The van der Waals surface area contributed by atoms with Gasteiger partial charge in [0, 0.05) is 6.21 Å². The van der Waals surface area contributed by atoms with Gasteiger partial charge in [0.25, 0.3) is 0 Å². The molecule has 54 valence electrons. The summed E-state index contributed by atoms with van der Waals surface area (Å²) in [5.41, 5.74) is 0. The number of rotatable bonds is 4. The summed E-state index contributed by atoms with van der Waals surface area (Å²) in [4.78, 5) is 0. The fraction of sp³-hybridized carbons (Fsp3) is 0.857. The Morgan fingerprint density at radius 2 is 2.22 bits per heavy atom. The Labute approximate surface area is 56.6 Å². The molecule has 1 N–H and O–H groups in total. The lowest BCUT2D eigenvalue weighted by molar-refractivity contribution is 0.317. The summed E-state index contributed by atoms with van der Waals surface area (Å²) < 4.78 is 0. The second-order valence-electron chi connectivity index (χ2n) is 2.22. The van der Waals surface area contributed by atoms with Crippen LogP contribution in [0.3, 0.4) is 0 Å².